The quantitative estimate of drug-likeness (QED) is 0.529. The zero-order valence-corrected chi connectivity index (χ0v) is 19.2. The standard InChI is InChI=1S/C23H28F4N4O2/c1-21(2,3)33-20(32)30(4)13-18-28-19(14-7-8-22(12-14)9-10-22)31(29-18)15-5-6-16(17(24)11-15)23(25,26)27/h5-6,11,14H,7-10,12-13H2,1-4H3. The van der Waals surface area contributed by atoms with E-state index < -0.39 is 29.3 Å². The summed E-state index contributed by atoms with van der Waals surface area (Å²) in [7, 11) is 1.56. The second kappa shape index (κ2) is 7.99. The van der Waals surface area contributed by atoms with Gasteiger partial charge >= 0.3 is 12.3 Å². The number of hydrogen-bond donors (Lipinski definition) is 0. The summed E-state index contributed by atoms with van der Waals surface area (Å²) < 4.78 is 60.1. The third kappa shape index (κ3) is 5.14. The Morgan fingerprint density at radius 3 is 2.48 bits per heavy atom. The Bertz CT molecular complexity index is 1050. The number of carbonyl (C=O) groups is 1. The Balaban J connectivity index is 1.65. The third-order valence-electron chi connectivity index (χ3n) is 6.29. The molecule has 6 nitrogen and oxygen atoms in total. The predicted molar refractivity (Wildman–Crippen MR) is 112 cm³/mol. The van der Waals surface area contributed by atoms with E-state index in [9.17, 15) is 22.4 Å². The molecule has 33 heavy (non-hydrogen) atoms. The van der Waals surface area contributed by atoms with Crippen molar-refractivity contribution in [1.82, 2.24) is 19.7 Å². The maximum absolute atomic E-state index is 14.3. The van der Waals surface area contributed by atoms with Crippen LogP contribution in [0.15, 0.2) is 18.2 Å². The molecule has 0 bridgehead atoms. The average Bonchev–Trinajstić information content (AvgIpc) is 3.11. The van der Waals surface area contributed by atoms with Gasteiger partial charge in [-0.05, 0) is 70.4 Å². The Morgan fingerprint density at radius 1 is 1.24 bits per heavy atom. The van der Waals surface area contributed by atoms with Gasteiger partial charge in [0.15, 0.2) is 5.82 Å². The van der Waals surface area contributed by atoms with E-state index in [4.69, 9.17) is 4.74 Å². The third-order valence-corrected chi connectivity index (χ3v) is 6.29. The Kier molecular flexibility index (Phi) is 5.69. The SMILES string of the molecule is CN(Cc1nc(C2CCC3(CC3)C2)n(-c2ccc(C(F)(F)F)c(F)c2)n1)C(=O)OC(C)(C)C. The Labute approximate surface area is 189 Å². The van der Waals surface area contributed by atoms with E-state index in [1.807, 2.05) is 0 Å². The fourth-order valence-electron chi connectivity index (χ4n) is 4.43. The molecule has 1 atom stereocenters. The van der Waals surface area contributed by atoms with E-state index in [2.05, 4.69) is 10.1 Å². The van der Waals surface area contributed by atoms with Crippen molar-refractivity contribution in [2.45, 2.75) is 77.1 Å². The molecule has 180 valence electrons. The number of benzene rings is 1. The molecule has 1 aromatic heterocycles. The predicted octanol–water partition coefficient (Wildman–Crippen LogP) is 5.84. The van der Waals surface area contributed by atoms with Crippen LogP contribution >= 0.6 is 0 Å². The molecule has 0 N–H and O–H groups in total. The van der Waals surface area contributed by atoms with Crippen molar-refractivity contribution >= 4 is 6.09 Å². The second-order valence-corrected chi connectivity index (χ2v) is 10.2. The molecule has 1 heterocycles. The minimum atomic E-state index is -4.78. The Morgan fingerprint density at radius 2 is 1.94 bits per heavy atom. The first-order valence-electron chi connectivity index (χ1n) is 11.0. The molecule has 0 aliphatic heterocycles. The molecule has 1 amide bonds. The van der Waals surface area contributed by atoms with Crippen molar-refractivity contribution in [3.63, 3.8) is 0 Å². The number of rotatable bonds is 4. The average molecular weight is 468 g/mol. The molecule has 2 aliphatic carbocycles. The van der Waals surface area contributed by atoms with Gasteiger partial charge in [-0.2, -0.15) is 13.2 Å². The van der Waals surface area contributed by atoms with Crippen LogP contribution in [-0.2, 0) is 17.5 Å². The van der Waals surface area contributed by atoms with Gasteiger partial charge in [-0.3, -0.25) is 0 Å². The van der Waals surface area contributed by atoms with Gasteiger partial charge in [0.25, 0.3) is 0 Å². The molecular weight excluding hydrogens is 440 g/mol. The highest BCUT2D eigenvalue weighted by molar-refractivity contribution is 5.67. The summed E-state index contributed by atoms with van der Waals surface area (Å²) >= 11 is 0. The molecular formula is C23H28F4N4O2. The van der Waals surface area contributed by atoms with Crippen LogP contribution in [0, 0.1) is 11.2 Å². The fraction of sp³-hybridized carbons (Fsp3) is 0.609. The zero-order chi connectivity index (χ0) is 24.2. The summed E-state index contributed by atoms with van der Waals surface area (Å²) in [4.78, 5) is 18.3. The summed E-state index contributed by atoms with van der Waals surface area (Å²) in [6.45, 7) is 5.33. The molecule has 1 unspecified atom stereocenters. The van der Waals surface area contributed by atoms with Crippen molar-refractivity contribution in [2.75, 3.05) is 7.05 Å². The maximum Gasteiger partial charge on any atom is 0.419 e. The molecule has 1 spiro atoms. The molecule has 4 rings (SSSR count). The van der Waals surface area contributed by atoms with Gasteiger partial charge < -0.3 is 9.64 Å². The highest BCUT2D eigenvalue weighted by Gasteiger charge is 2.49. The van der Waals surface area contributed by atoms with E-state index in [1.54, 1.807) is 27.8 Å². The first kappa shape index (κ1) is 23.5. The summed E-state index contributed by atoms with van der Waals surface area (Å²) in [5, 5.41) is 4.45. The van der Waals surface area contributed by atoms with Crippen molar-refractivity contribution in [3.05, 3.63) is 41.2 Å². The smallest absolute Gasteiger partial charge is 0.419 e. The lowest BCUT2D eigenvalue weighted by molar-refractivity contribution is -0.140. The number of ether oxygens (including phenoxy) is 1. The fourth-order valence-corrected chi connectivity index (χ4v) is 4.43. The van der Waals surface area contributed by atoms with E-state index in [-0.39, 0.29) is 18.2 Å². The van der Waals surface area contributed by atoms with Crippen LogP contribution in [-0.4, -0.2) is 38.4 Å². The largest absolute Gasteiger partial charge is 0.444 e. The van der Waals surface area contributed by atoms with Gasteiger partial charge in [0, 0.05) is 19.0 Å². The van der Waals surface area contributed by atoms with E-state index >= 15 is 0 Å². The van der Waals surface area contributed by atoms with Gasteiger partial charge in [0.05, 0.1) is 17.8 Å². The van der Waals surface area contributed by atoms with Gasteiger partial charge in [-0.15, -0.1) is 5.10 Å². The summed E-state index contributed by atoms with van der Waals surface area (Å²) in [6.07, 6.45) is -0.0995. The van der Waals surface area contributed by atoms with E-state index in [1.165, 1.54) is 28.5 Å². The molecule has 2 saturated carbocycles. The number of nitrogens with zero attached hydrogens (tertiary/aromatic N) is 4. The highest BCUT2D eigenvalue weighted by atomic mass is 19.4. The van der Waals surface area contributed by atoms with Crippen LogP contribution in [0.4, 0.5) is 22.4 Å². The van der Waals surface area contributed by atoms with Crippen LogP contribution in [0.1, 0.15) is 76.0 Å². The molecule has 0 radical (unpaired) electrons. The van der Waals surface area contributed by atoms with Crippen LogP contribution in [0.3, 0.4) is 0 Å². The van der Waals surface area contributed by atoms with E-state index in [0.29, 0.717) is 17.1 Å². The van der Waals surface area contributed by atoms with Crippen LogP contribution in [0.5, 0.6) is 0 Å². The van der Waals surface area contributed by atoms with Gasteiger partial charge in [0.1, 0.15) is 17.2 Å². The zero-order valence-electron chi connectivity index (χ0n) is 19.2. The minimum absolute atomic E-state index is 0.0515. The summed E-state index contributed by atoms with van der Waals surface area (Å²) in [5.74, 6) is -0.383. The lowest BCUT2D eigenvalue weighted by Gasteiger charge is -2.23. The highest BCUT2D eigenvalue weighted by Crippen LogP contribution is 2.61. The second-order valence-electron chi connectivity index (χ2n) is 10.2. The first-order chi connectivity index (χ1) is 15.3. The van der Waals surface area contributed by atoms with Gasteiger partial charge in [0.2, 0.25) is 0 Å². The topological polar surface area (TPSA) is 60.2 Å². The lowest BCUT2D eigenvalue weighted by Crippen LogP contribution is -2.34. The normalized spacial score (nSPS) is 19.7. The number of aromatic nitrogens is 3. The first-order valence-corrected chi connectivity index (χ1v) is 11.0. The number of hydrogen-bond acceptors (Lipinski definition) is 4. The number of amides is 1. The van der Waals surface area contributed by atoms with Gasteiger partial charge in [-0.1, -0.05) is 0 Å². The molecule has 1 aromatic carbocycles. The number of alkyl halides is 3. The minimum Gasteiger partial charge on any atom is -0.444 e. The van der Waals surface area contributed by atoms with Crippen LogP contribution in [0.2, 0.25) is 0 Å². The van der Waals surface area contributed by atoms with E-state index in [0.717, 1.165) is 31.4 Å². The summed E-state index contributed by atoms with van der Waals surface area (Å²) in [5.41, 5.74) is -1.48. The van der Waals surface area contributed by atoms with Gasteiger partial charge in [-0.25, -0.2) is 18.9 Å². The van der Waals surface area contributed by atoms with Crippen LogP contribution < -0.4 is 0 Å². The van der Waals surface area contributed by atoms with Crippen molar-refractivity contribution in [3.8, 4) is 5.69 Å². The lowest BCUT2D eigenvalue weighted by atomic mass is 10.0. The van der Waals surface area contributed by atoms with Crippen molar-refractivity contribution in [1.29, 1.82) is 0 Å². The number of carbonyl (C=O) groups excluding carboxylic acids is 1. The van der Waals surface area contributed by atoms with Crippen molar-refractivity contribution in [2.24, 2.45) is 5.41 Å². The molecule has 10 heteroatoms. The molecule has 2 fully saturated rings. The summed E-state index contributed by atoms with van der Waals surface area (Å²) in [6, 6.07) is 2.76. The maximum atomic E-state index is 14.3. The number of halogens is 4. The van der Waals surface area contributed by atoms with Crippen molar-refractivity contribution < 1.29 is 27.1 Å². The molecule has 2 aliphatic rings. The molecule has 0 saturated heterocycles. The Hall–Kier alpha value is -2.65. The monoisotopic (exact) mass is 468 g/mol. The van der Waals surface area contributed by atoms with Crippen LogP contribution in [0.25, 0.3) is 5.69 Å². The molecule has 2 aromatic rings.